The van der Waals surface area contributed by atoms with Crippen LogP contribution in [0.25, 0.3) is 0 Å². The van der Waals surface area contributed by atoms with E-state index in [-0.39, 0.29) is 10.1 Å². The summed E-state index contributed by atoms with van der Waals surface area (Å²) in [6.07, 6.45) is 0. The van der Waals surface area contributed by atoms with E-state index in [4.69, 9.17) is 0 Å². The first-order valence-electron chi connectivity index (χ1n) is 2.03. The summed E-state index contributed by atoms with van der Waals surface area (Å²) in [5.74, 6) is 1.42. The first-order chi connectivity index (χ1) is 3.15. The van der Waals surface area contributed by atoms with Gasteiger partial charge >= 0.3 is 49.6 Å². The van der Waals surface area contributed by atoms with Gasteiger partial charge in [-0.25, -0.2) is 0 Å². The van der Waals surface area contributed by atoms with Gasteiger partial charge in [-0.2, -0.15) is 0 Å². The van der Waals surface area contributed by atoms with Crippen LogP contribution in [-0.4, -0.2) is 0 Å². The Bertz CT molecular complexity index is 20.9. The summed E-state index contributed by atoms with van der Waals surface area (Å²) in [6, 6.07) is 0. The van der Waals surface area contributed by atoms with E-state index < -0.39 is 0 Å². The van der Waals surface area contributed by atoms with Gasteiger partial charge in [0, 0.05) is 0 Å². The second-order valence-electron chi connectivity index (χ2n) is 1.60. The second-order valence-corrected chi connectivity index (χ2v) is 25.1. The van der Waals surface area contributed by atoms with Crippen LogP contribution in [0.3, 0.4) is 0 Å². The van der Waals surface area contributed by atoms with Crippen LogP contribution in [0.4, 0.5) is 0 Å². The van der Waals surface area contributed by atoms with E-state index in [1.807, 2.05) is 0 Å². The van der Waals surface area contributed by atoms with Crippen molar-refractivity contribution in [2.45, 2.75) is 20.8 Å². The molecule has 0 saturated heterocycles. The van der Waals surface area contributed by atoms with Crippen LogP contribution in [0, 0.1) is 5.92 Å². The Kier molecular flexibility index (Phi) is 18.5. The van der Waals surface area contributed by atoms with Gasteiger partial charge in [-0.05, 0) is 5.92 Å². The summed E-state index contributed by atoms with van der Waals surface area (Å²) in [4.78, 5) is 0. The van der Waals surface area contributed by atoms with Crippen LogP contribution in [-0.2, 0) is 10.1 Å². The Hall–Kier alpha value is 2.08. The molecule has 0 heterocycles. The molecule has 0 fully saturated rings. The van der Waals surface area contributed by atoms with E-state index in [0.717, 1.165) is 0 Å². The van der Waals surface area contributed by atoms with E-state index in [2.05, 4.69) is 60.3 Å². The van der Waals surface area contributed by atoms with Crippen LogP contribution in [0.5, 0.6) is 0 Å². The van der Waals surface area contributed by atoms with Crippen LogP contribution < -0.4 is 0 Å². The molecule has 1 radical (unpaired) electrons. The van der Waals surface area contributed by atoms with Gasteiger partial charge < -0.3 is 0 Å². The fourth-order valence-corrected chi connectivity index (χ4v) is 0. The third-order valence-corrected chi connectivity index (χ3v) is 0. The average Bonchev–Trinajstić information content (AvgIpc) is 1.33. The zero-order chi connectivity index (χ0) is 6.28. The van der Waals surface area contributed by atoms with Gasteiger partial charge in [0.1, 0.15) is 0 Å². The predicted octanol–water partition coefficient (Wildman–Crippen LogP) is 3.39. The molecule has 0 aliphatic carbocycles. The van der Waals surface area contributed by atoms with E-state index in [0.29, 0.717) is 0 Å². The van der Waals surface area contributed by atoms with Gasteiger partial charge in [0.25, 0.3) is 0 Å². The Morgan fingerprint density at radius 1 is 1.14 bits per heavy atom. The molecule has 41 valence electrons. The summed E-state index contributed by atoms with van der Waals surface area (Å²) < 4.78 is 0. The molecule has 0 aromatic rings. The van der Waals surface area contributed by atoms with Crippen LogP contribution >= 0.6 is 39.5 Å². The average molecular weight is 376 g/mol. The molecule has 0 N–H and O–H groups in total. The maximum atomic E-state index is 2.46. The molecule has 0 aromatic carbocycles. The Morgan fingerprint density at radius 2 is 1.14 bits per heavy atom. The number of hydrogen-bond donors (Lipinski definition) is 0. The molecule has 0 bridgehead atoms. The van der Waals surface area contributed by atoms with Crippen molar-refractivity contribution in [2.75, 3.05) is 0 Å². The number of hydrogen-bond acceptors (Lipinski definition) is 0. The van der Waals surface area contributed by atoms with Gasteiger partial charge in [0.15, 0.2) is 0 Å². The minimum absolute atomic E-state index is 0.0650. The van der Waals surface area contributed by atoms with Crippen molar-refractivity contribution >= 4 is 39.5 Å². The van der Waals surface area contributed by atoms with E-state index >= 15 is 0 Å². The van der Waals surface area contributed by atoms with Crippen molar-refractivity contribution < 1.29 is 10.1 Å². The van der Waals surface area contributed by atoms with Gasteiger partial charge in [-0.3, -0.25) is 0 Å². The first-order valence-corrected chi connectivity index (χ1v) is 20.1. The first kappa shape index (κ1) is 11.8. The molecule has 0 spiro atoms. The van der Waals surface area contributed by atoms with Crippen molar-refractivity contribution in [2.24, 2.45) is 0 Å². The normalized spacial score (nSPS) is 6.57. The summed E-state index contributed by atoms with van der Waals surface area (Å²) in [5.41, 5.74) is 0. The topological polar surface area (TPSA) is 0 Å². The predicted molar refractivity (Wildman–Crippen MR) is 48.3 cm³/mol. The summed E-state index contributed by atoms with van der Waals surface area (Å²) in [7, 11) is 0.0650. The van der Waals surface area contributed by atoms with Crippen molar-refractivity contribution in [1.82, 2.24) is 0 Å². The molecule has 0 aliphatic heterocycles. The Labute approximate surface area is 75.2 Å². The second kappa shape index (κ2) is 11.0. The van der Waals surface area contributed by atoms with Gasteiger partial charge in [0.2, 0.25) is 0 Å². The van der Waals surface area contributed by atoms with Crippen LogP contribution in [0.2, 0.25) is 0 Å². The molecule has 3 heteroatoms. The van der Waals surface area contributed by atoms with Crippen molar-refractivity contribution in [3.8, 4) is 0 Å². The molecule has 0 atom stereocenters. The number of halogens is 2. The SMILES string of the molecule is C[C](C)C.[I][Zn][I]. The van der Waals surface area contributed by atoms with Crippen LogP contribution in [0.15, 0.2) is 0 Å². The third kappa shape index (κ3) is 68.9. The maximum absolute atomic E-state index is 2.46. The zero-order valence-corrected chi connectivity index (χ0v) is 12.2. The molecule has 0 rings (SSSR count). The molecule has 0 nitrogen and oxygen atoms in total. The van der Waals surface area contributed by atoms with Crippen LogP contribution in [0.1, 0.15) is 20.8 Å². The zero-order valence-electron chi connectivity index (χ0n) is 4.96. The molecule has 0 saturated carbocycles. The summed E-state index contributed by atoms with van der Waals surface area (Å²) in [5, 5.41) is 0. The minimum atomic E-state index is 0.0650. The van der Waals surface area contributed by atoms with Gasteiger partial charge in [-0.1, -0.05) is 20.8 Å². The van der Waals surface area contributed by atoms with Crippen molar-refractivity contribution in [3.63, 3.8) is 0 Å². The molecule has 7 heavy (non-hydrogen) atoms. The van der Waals surface area contributed by atoms with E-state index in [9.17, 15) is 0 Å². The van der Waals surface area contributed by atoms with Gasteiger partial charge in [-0.15, -0.1) is 0 Å². The standard InChI is InChI=1S/C4H9.2HI.Zn/c1-4(2)3;;;/h1-3H3;2*1H;/q;;;+2/p-2. The summed E-state index contributed by atoms with van der Waals surface area (Å²) in [6.45, 7) is 6.25. The monoisotopic (exact) mass is 375 g/mol. The molecular formula is C4H9I2Zn. The molecular weight excluding hydrogens is 367 g/mol. The fraction of sp³-hybridized carbons (Fsp3) is 0.750. The molecule has 0 aromatic heterocycles. The number of rotatable bonds is 0. The van der Waals surface area contributed by atoms with Crippen molar-refractivity contribution in [1.29, 1.82) is 0 Å². The molecule has 0 amide bonds. The molecule has 0 aliphatic rings. The van der Waals surface area contributed by atoms with E-state index in [1.54, 1.807) is 0 Å². The molecule has 0 unspecified atom stereocenters. The third-order valence-electron chi connectivity index (χ3n) is 0. The fourth-order valence-electron chi connectivity index (χ4n) is 0. The quantitative estimate of drug-likeness (QED) is 0.449. The Morgan fingerprint density at radius 3 is 1.14 bits per heavy atom. The summed E-state index contributed by atoms with van der Waals surface area (Å²) >= 11 is 4.93. The Balaban J connectivity index is 0. The van der Waals surface area contributed by atoms with Gasteiger partial charge in [0.05, 0.1) is 0 Å². The van der Waals surface area contributed by atoms with Crippen molar-refractivity contribution in [3.05, 3.63) is 5.92 Å². The van der Waals surface area contributed by atoms with E-state index in [1.165, 1.54) is 5.92 Å².